The van der Waals surface area contributed by atoms with Gasteiger partial charge in [-0.15, -0.1) is 0 Å². The van der Waals surface area contributed by atoms with Gasteiger partial charge >= 0.3 is 10.1 Å². The summed E-state index contributed by atoms with van der Waals surface area (Å²) in [5.74, 6) is -1.23. The molecule has 0 unspecified atom stereocenters. The molecule has 9 nitrogen and oxygen atoms in total. The Morgan fingerprint density at radius 1 is 1.05 bits per heavy atom. The molecule has 3 aromatic carbocycles. The molecule has 3 rings (SSSR count). The number of nitrogens with zero attached hydrogens (tertiary/aromatic N) is 1. The number of carbonyl (C=O) groups excluding carboxylic acids is 2. The van der Waals surface area contributed by atoms with Gasteiger partial charge in [-0.1, -0.05) is 29.8 Å². The number of aryl methyl sites for hydroxylation is 1. The summed E-state index contributed by atoms with van der Waals surface area (Å²) in [6, 6.07) is 17.0. The molecule has 0 atom stereocenters. The van der Waals surface area contributed by atoms with Crippen molar-refractivity contribution in [2.24, 2.45) is 0 Å². The average Bonchev–Trinajstić information content (AvgIpc) is 2.85. The van der Waals surface area contributed by atoms with Crippen LogP contribution in [0.25, 0.3) is 6.08 Å². The van der Waals surface area contributed by atoms with E-state index in [0.717, 1.165) is 5.56 Å². The predicted molar refractivity (Wildman–Crippen MR) is 140 cm³/mol. The van der Waals surface area contributed by atoms with Gasteiger partial charge in [-0.25, -0.2) is 0 Å². The molecule has 0 spiro atoms. The highest BCUT2D eigenvalue weighted by atomic mass is 35.5. The normalized spacial score (nSPS) is 11.3. The molecule has 0 aliphatic carbocycles. The van der Waals surface area contributed by atoms with Gasteiger partial charge in [-0.2, -0.15) is 13.7 Å². The van der Waals surface area contributed by atoms with Crippen molar-refractivity contribution in [2.45, 2.75) is 18.7 Å². The van der Waals surface area contributed by atoms with E-state index in [1.165, 1.54) is 56.5 Å². The maximum absolute atomic E-state index is 12.8. The van der Waals surface area contributed by atoms with Gasteiger partial charge in [0.1, 0.15) is 16.5 Å². The maximum Gasteiger partial charge on any atom is 0.339 e. The Morgan fingerprint density at radius 3 is 2.32 bits per heavy atom. The number of nitriles is 1. The van der Waals surface area contributed by atoms with Crippen molar-refractivity contribution in [2.75, 3.05) is 17.7 Å². The van der Waals surface area contributed by atoms with Crippen LogP contribution in [0.3, 0.4) is 0 Å². The third-order valence-corrected chi connectivity index (χ3v) is 6.49. The molecule has 2 amide bonds. The summed E-state index contributed by atoms with van der Waals surface area (Å²) >= 11 is 6.32. The zero-order chi connectivity index (χ0) is 27.2. The van der Waals surface area contributed by atoms with Gasteiger partial charge in [-0.05, 0) is 66.6 Å². The van der Waals surface area contributed by atoms with Crippen LogP contribution in [-0.4, -0.2) is 27.3 Å². The van der Waals surface area contributed by atoms with Crippen LogP contribution in [0.1, 0.15) is 18.1 Å². The van der Waals surface area contributed by atoms with Gasteiger partial charge in [0, 0.05) is 18.3 Å². The summed E-state index contributed by atoms with van der Waals surface area (Å²) in [6.07, 6.45) is 1.29. The van der Waals surface area contributed by atoms with Crippen molar-refractivity contribution < 1.29 is 26.9 Å². The quantitative estimate of drug-likeness (QED) is 0.235. The van der Waals surface area contributed by atoms with E-state index in [1.807, 2.05) is 25.1 Å². The van der Waals surface area contributed by atoms with Crippen molar-refractivity contribution >= 4 is 51.0 Å². The van der Waals surface area contributed by atoms with Gasteiger partial charge in [0.15, 0.2) is 5.75 Å². The highest BCUT2D eigenvalue weighted by Crippen LogP contribution is 2.39. The van der Waals surface area contributed by atoms with Gasteiger partial charge in [-0.3, -0.25) is 9.59 Å². The molecule has 3 aromatic rings. The van der Waals surface area contributed by atoms with Gasteiger partial charge in [0.05, 0.1) is 12.1 Å². The Bertz CT molecular complexity index is 1530. The molecule has 0 aliphatic heterocycles. The second-order valence-corrected chi connectivity index (χ2v) is 9.67. The number of methoxy groups -OCH3 is 1. The maximum atomic E-state index is 12.8. The molecule has 37 heavy (non-hydrogen) atoms. The number of nitrogens with one attached hydrogen (secondary N) is 2. The highest BCUT2D eigenvalue weighted by Gasteiger charge is 2.22. The minimum atomic E-state index is -4.32. The van der Waals surface area contributed by atoms with E-state index in [9.17, 15) is 23.3 Å². The highest BCUT2D eigenvalue weighted by molar-refractivity contribution is 7.87. The molecule has 0 fully saturated rings. The number of hydrogen-bond acceptors (Lipinski definition) is 7. The third-order valence-electron chi connectivity index (χ3n) is 4.98. The van der Waals surface area contributed by atoms with E-state index in [4.69, 9.17) is 20.5 Å². The van der Waals surface area contributed by atoms with Crippen molar-refractivity contribution in [1.82, 2.24) is 0 Å². The fraction of sp³-hybridized carbons (Fsp3) is 0.115. The molecule has 0 heterocycles. The first-order chi connectivity index (χ1) is 17.5. The Balaban J connectivity index is 1.88. The first kappa shape index (κ1) is 27.3. The zero-order valence-corrected chi connectivity index (χ0v) is 21.6. The largest absolute Gasteiger partial charge is 0.493 e. The molecule has 11 heteroatoms. The second kappa shape index (κ2) is 11.6. The van der Waals surface area contributed by atoms with Gasteiger partial charge in [0.25, 0.3) is 5.91 Å². The van der Waals surface area contributed by atoms with Crippen LogP contribution in [0.15, 0.2) is 71.1 Å². The summed E-state index contributed by atoms with van der Waals surface area (Å²) in [5.41, 5.74) is 1.90. The number of carbonyl (C=O) groups is 2. The summed E-state index contributed by atoms with van der Waals surface area (Å²) in [6.45, 7) is 3.15. The zero-order valence-electron chi connectivity index (χ0n) is 20.0. The molecule has 0 saturated heterocycles. The number of anilines is 2. The van der Waals surface area contributed by atoms with Gasteiger partial charge < -0.3 is 19.6 Å². The van der Waals surface area contributed by atoms with Crippen LogP contribution in [0.2, 0.25) is 5.02 Å². The summed E-state index contributed by atoms with van der Waals surface area (Å²) in [7, 11) is -3.03. The molecule has 190 valence electrons. The Hall–Kier alpha value is -4.33. The van der Waals surface area contributed by atoms with E-state index >= 15 is 0 Å². The molecule has 0 radical (unpaired) electrons. The molecular weight excluding hydrogens is 518 g/mol. The molecular formula is C26H22ClN3O6S. The number of rotatable bonds is 8. The lowest BCUT2D eigenvalue weighted by atomic mass is 10.1. The summed E-state index contributed by atoms with van der Waals surface area (Å²) < 4.78 is 36.2. The number of para-hydroxylation sites is 1. The van der Waals surface area contributed by atoms with Crippen LogP contribution in [0.4, 0.5) is 11.4 Å². The third kappa shape index (κ3) is 6.88. The lowest BCUT2D eigenvalue weighted by molar-refractivity contribution is -0.114. The smallest absolute Gasteiger partial charge is 0.339 e. The van der Waals surface area contributed by atoms with Crippen LogP contribution < -0.4 is 19.6 Å². The van der Waals surface area contributed by atoms with Crippen LogP contribution in [0, 0.1) is 18.3 Å². The van der Waals surface area contributed by atoms with E-state index < -0.39 is 16.0 Å². The SMILES string of the molecule is COc1cc(/C=C(\C#N)C(=O)Nc2ccccc2C)cc(Cl)c1OS(=O)(=O)c1ccc(NC(C)=O)cc1. The number of halogens is 1. The first-order valence-electron chi connectivity index (χ1n) is 10.7. The lowest BCUT2D eigenvalue weighted by Crippen LogP contribution is -2.14. The number of benzene rings is 3. The fourth-order valence-corrected chi connectivity index (χ4v) is 4.45. The molecule has 0 aliphatic rings. The standard InChI is InChI=1S/C26H22ClN3O6S/c1-16-6-4-5-7-23(16)30-26(32)19(15-28)12-18-13-22(27)25(24(14-18)35-3)36-37(33,34)21-10-8-20(9-11-21)29-17(2)31/h4-14H,1-3H3,(H,29,31)(H,30,32)/b19-12+. The lowest BCUT2D eigenvalue weighted by Gasteiger charge is -2.14. The average molecular weight is 540 g/mol. The molecule has 0 bridgehead atoms. The van der Waals surface area contributed by atoms with Crippen molar-refractivity contribution in [3.8, 4) is 17.6 Å². The van der Waals surface area contributed by atoms with Crippen LogP contribution in [0.5, 0.6) is 11.5 Å². The van der Waals surface area contributed by atoms with E-state index in [0.29, 0.717) is 16.9 Å². The topological polar surface area (TPSA) is 135 Å². The Morgan fingerprint density at radius 2 is 1.73 bits per heavy atom. The van der Waals surface area contributed by atoms with Crippen LogP contribution >= 0.6 is 11.6 Å². The summed E-state index contributed by atoms with van der Waals surface area (Å²) in [5, 5.41) is 14.6. The minimum absolute atomic E-state index is 0.0335. The van der Waals surface area contributed by atoms with Crippen molar-refractivity contribution in [3.63, 3.8) is 0 Å². The van der Waals surface area contributed by atoms with Crippen molar-refractivity contribution in [3.05, 3.63) is 82.4 Å². The second-order valence-electron chi connectivity index (χ2n) is 7.72. The molecule has 0 saturated carbocycles. The summed E-state index contributed by atoms with van der Waals surface area (Å²) in [4.78, 5) is 23.6. The number of amides is 2. The van der Waals surface area contributed by atoms with E-state index in [-0.39, 0.29) is 32.9 Å². The number of hydrogen-bond donors (Lipinski definition) is 2. The van der Waals surface area contributed by atoms with E-state index in [2.05, 4.69) is 10.6 Å². The van der Waals surface area contributed by atoms with Crippen molar-refractivity contribution in [1.29, 1.82) is 5.26 Å². The van der Waals surface area contributed by atoms with Crippen LogP contribution in [-0.2, 0) is 19.7 Å². The van der Waals surface area contributed by atoms with Gasteiger partial charge in [0.2, 0.25) is 11.7 Å². The molecule has 2 N–H and O–H groups in total. The first-order valence-corrected chi connectivity index (χ1v) is 12.5. The Kier molecular flexibility index (Phi) is 8.55. The monoisotopic (exact) mass is 539 g/mol. The predicted octanol–water partition coefficient (Wildman–Crippen LogP) is 4.93. The van der Waals surface area contributed by atoms with E-state index in [1.54, 1.807) is 12.1 Å². The Labute approximate surface area is 219 Å². The fourth-order valence-electron chi connectivity index (χ4n) is 3.19. The minimum Gasteiger partial charge on any atom is -0.493 e. The number of ether oxygens (including phenoxy) is 1. The molecule has 0 aromatic heterocycles.